The number of benzene rings is 2. The maximum absolute atomic E-state index is 11.8. The largest absolute Gasteiger partial charge is 0.481 e. The van der Waals surface area contributed by atoms with Crippen molar-refractivity contribution in [3.63, 3.8) is 0 Å². The van der Waals surface area contributed by atoms with E-state index < -0.39 is 18.5 Å². The molecular weight excluding hydrogens is 372 g/mol. The van der Waals surface area contributed by atoms with E-state index in [4.69, 9.17) is 21.1 Å². The Morgan fingerprint density at radius 3 is 2.41 bits per heavy atom. The predicted octanol–water partition coefficient (Wildman–Crippen LogP) is 2.06. The average molecular weight is 393 g/mol. The van der Waals surface area contributed by atoms with Crippen LogP contribution in [-0.4, -0.2) is 43.6 Å². The van der Waals surface area contributed by atoms with Crippen LogP contribution < -0.4 is 15.4 Å². The van der Waals surface area contributed by atoms with Gasteiger partial charge in [-0.1, -0.05) is 35.9 Å². The minimum absolute atomic E-state index is 0.0201. The highest BCUT2D eigenvalue weighted by Crippen LogP contribution is 2.31. The van der Waals surface area contributed by atoms with Crippen molar-refractivity contribution in [2.24, 2.45) is 0 Å². The smallest absolute Gasteiger partial charge is 0.344 e. The third-order valence-corrected chi connectivity index (χ3v) is 3.77. The van der Waals surface area contributed by atoms with Gasteiger partial charge in [0.15, 0.2) is 13.2 Å². The summed E-state index contributed by atoms with van der Waals surface area (Å²) in [6.45, 7) is 2.60. The summed E-state index contributed by atoms with van der Waals surface area (Å²) in [5, 5.41) is 7.15. The van der Waals surface area contributed by atoms with E-state index in [-0.39, 0.29) is 25.1 Å². The van der Waals surface area contributed by atoms with Gasteiger partial charge < -0.3 is 20.1 Å². The molecule has 2 N–H and O–H groups in total. The van der Waals surface area contributed by atoms with E-state index in [9.17, 15) is 14.4 Å². The van der Waals surface area contributed by atoms with Crippen molar-refractivity contribution in [2.45, 2.75) is 19.9 Å². The highest BCUT2D eigenvalue weighted by atomic mass is 35.5. The molecule has 2 aromatic carbocycles. The highest BCUT2D eigenvalue weighted by Gasteiger charge is 2.12. The van der Waals surface area contributed by atoms with Gasteiger partial charge in [0.25, 0.3) is 5.91 Å². The summed E-state index contributed by atoms with van der Waals surface area (Å²) in [5.41, 5.74) is 0. The van der Waals surface area contributed by atoms with E-state index >= 15 is 0 Å². The maximum Gasteiger partial charge on any atom is 0.344 e. The van der Waals surface area contributed by atoms with Crippen molar-refractivity contribution in [3.8, 4) is 5.75 Å². The lowest BCUT2D eigenvalue weighted by Crippen LogP contribution is -2.41. The molecule has 0 radical (unpaired) electrons. The second-order valence-corrected chi connectivity index (χ2v) is 6.45. The number of halogens is 1. The number of amides is 2. The Morgan fingerprint density at radius 2 is 1.70 bits per heavy atom. The minimum atomic E-state index is -0.698. The number of carbonyl (C=O) groups is 3. The van der Waals surface area contributed by atoms with Gasteiger partial charge in [-0.25, -0.2) is 4.79 Å². The van der Waals surface area contributed by atoms with E-state index in [1.807, 2.05) is 38.1 Å². The number of nitrogens with one attached hydrogen (secondary N) is 2. The molecule has 0 aliphatic carbocycles. The molecule has 144 valence electrons. The quantitative estimate of drug-likeness (QED) is 0.670. The predicted molar refractivity (Wildman–Crippen MR) is 102 cm³/mol. The first kappa shape index (κ1) is 20.5. The number of hydrogen-bond acceptors (Lipinski definition) is 5. The van der Waals surface area contributed by atoms with Crippen LogP contribution in [0.25, 0.3) is 10.8 Å². The monoisotopic (exact) mass is 392 g/mol. The zero-order valence-electron chi connectivity index (χ0n) is 15.1. The summed E-state index contributed by atoms with van der Waals surface area (Å²) in [6.07, 6.45) is 0. The zero-order chi connectivity index (χ0) is 19.8. The maximum atomic E-state index is 11.8. The molecule has 0 fully saturated rings. The minimum Gasteiger partial charge on any atom is -0.481 e. The lowest BCUT2D eigenvalue weighted by atomic mass is 10.1. The first-order valence-corrected chi connectivity index (χ1v) is 8.76. The molecular formula is C19H21ClN2O5. The molecule has 0 unspecified atom stereocenters. The molecule has 0 aliphatic rings. The summed E-state index contributed by atoms with van der Waals surface area (Å²) in [4.78, 5) is 34.8. The van der Waals surface area contributed by atoms with E-state index in [0.29, 0.717) is 10.8 Å². The zero-order valence-corrected chi connectivity index (χ0v) is 15.8. The van der Waals surface area contributed by atoms with Crippen LogP contribution in [0, 0.1) is 0 Å². The second-order valence-electron chi connectivity index (χ2n) is 6.04. The summed E-state index contributed by atoms with van der Waals surface area (Å²) in [5.74, 6) is -1.10. The molecule has 2 aromatic rings. The third-order valence-electron chi connectivity index (χ3n) is 3.44. The highest BCUT2D eigenvalue weighted by molar-refractivity contribution is 6.35. The summed E-state index contributed by atoms with van der Waals surface area (Å²) in [6, 6.07) is 10.7. The molecule has 0 saturated heterocycles. The summed E-state index contributed by atoms with van der Waals surface area (Å²) in [7, 11) is 0. The number of carbonyl (C=O) groups excluding carboxylic acids is 3. The van der Waals surface area contributed by atoms with Crippen LogP contribution in [0.3, 0.4) is 0 Å². The van der Waals surface area contributed by atoms with E-state index in [1.54, 1.807) is 12.1 Å². The normalized spacial score (nSPS) is 10.5. The molecule has 0 aromatic heterocycles. The van der Waals surface area contributed by atoms with Gasteiger partial charge in [0.1, 0.15) is 5.75 Å². The lowest BCUT2D eigenvalue weighted by molar-refractivity contribution is -0.150. The number of hydrogen-bond donors (Lipinski definition) is 2. The average Bonchev–Trinajstić information content (AvgIpc) is 2.64. The van der Waals surface area contributed by atoms with Crippen LogP contribution >= 0.6 is 11.6 Å². The van der Waals surface area contributed by atoms with E-state index in [2.05, 4.69) is 10.6 Å². The molecule has 8 heteroatoms. The molecule has 0 bridgehead atoms. The van der Waals surface area contributed by atoms with Gasteiger partial charge in [0.05, 0.1) is 6.54 Å². The van der Waals surface area contributed by atoms with Gasteiger partial charge >= 0.3 is 5.97 Å². The van der Waals surface area contributed by atoms with Crippen molar-refractivity contribution < 1.29 is 23.9 Å². The van der Waals surface area contributed by atoms with Crippen LogP contribution in [0.2, 0.25) is 5.02 Å². The summed E-state index contributed by atoms with van der Waals surface area (Å²) >= 11 is 6.14. The van der Waals surface area contributed by atoms with E-state index in [0.717, 1.165) is 10.8 Å². The van der Waals surface area contributed by atoms with Gasteiger partial charge in [-0.05, 0) is 26.0 Å². The van der Waals surface area contributed by atoms with Crippen molar-refractivity contribution in [1.82, 2.24) is 10.6 Å². The first-order valence-electron chi connectivity index (χ1n) is 8.38. The molecule has 0 heterocycles. The van der Waals surface area contributed by atoms with Gasteiger partial charge in [-0.3, -0.25) is 9.59 Å². The Labute approximate surface area is 162 Å². The number of esters is 1. The number of fused-ring (bicyclic) bond motifs is 1. The molecule has 7 nitrogen and oxygen atoms in total. The Kier molecular flexibility index (Phi) is 7.43. The number of rotatable bonds is 8. The topological polar surface area (TPSA) is 93.7 Å². The Bertz CT molecular complexity index is 838. The fourth-order valence-corrected chi connectivity index (χ4v) is 2.52. The summed E-state index contributed by atoms with van der Waals surface area (Å²) < 4.78 is 10.3. The van der Waals surface area contributed by atoms with Crippen molar-refractivity contribution in [3.05, 3.63) is 41.4 Å². The van der Waals surface area contributed by atoms with Gasteiger partial charge in [0.2, 0.25) is 5.91 Å². The van der Waals surface area contributed by atoms with E-state index in [1.165, 1.54) is 0 Å². The Morgan fingerprint density at radius 1 is 1.00 bits per heavy atom. The Balaban J connectivity index is 1.78. The van der Waals surface area contributed by atoms with Crippen LogP contribution in [0.1, 0.15) is 13.8 Å². The first-order chi connectivity index (χ1) is 12.9. The molecule has 2 rings (SSSR count). The molecule has 0 spiro atoms. The van der Waals surface area contributed by atoms with Crippen molar-refractivity contribution >= 4 is 40.2 Å². The second kappa shape index (κ2) is 9.78. The van der Waals surface area contributed by atoms with Crippen LogP contribution in [0.15, 0.2) is 36.4 Å². The standard InChI is InChI=1S/C19H21ClN2O5/c1-12(2)22-17(23)9-21-18(24)10-27-19(25)11-26-16-8-7-15(20)13-5-3-4-6-14(13)16/h3-8,12H,9-11H2,1-2H3,(H,21,24)(H,22,23). The van der Waals surface area contributed by atoms with Crippen LogP contribution in [0.5, 0.6) is 5.75 Å². The molecule has 0 atom stereocenters. The fourth-order valence-electron chi connectivity index (χ4n) is 2.29. The molecule has 0 saturated carbocycles. The molecule has 0 aliphatic heterocycles. The lowest BCUT2D eigenvalue weighted by Gasteiger charge is -2.11. The van der Waals surface area contributed by atoms with Crippen molar-refractivity contribution in [2.75, 3.05) is 19.8 Å². The fraction of sp³-hybridized carbons (Fsp3) is 0.316. The van der Waals surface area contributed by atoms with Crippen LogP contribution in [0.4, 0.5) is 0 Å². The van der Waals surface area contributed by atoms with Crippen LogP contribution in [-0.2, 0) is 19.1 Å². The Hall–Kier alpha value is -2.80. The van der Waals surface area contributed by atoms with Gasteiger partial charge in [-0.2, -0.15) is 0 Å². The van der Waals surface area contributed by atoms with Gasteiger partial charge in [0, 0.05) is 21.8 Å². The van der Waals surface area contributed by atoms with Gasteiger partial charge in [-0.15, -0.1) is 0 Å². The van der Waals surface area contributed by atoms with Crippen molar-refractivity contribution in [1.29, 1.82) is 0 Å². The molecule has 27 heavy (non-hydrogen) atoms. The molecule has 2 amide bonds. The number of ether oxygens (including phenoxy) is 2. The third kappa shape index (κ3) is 6.45. The SMILES string of the molecule is CC(C)NC(=O)CNC(=O)COC(=O)COc1ccc(Cl)c2ccccc12.